The summed E-state index contributed by atoms with van der Waals surface area (Å²) >= 11 is 0. The van der Waals surface area contributed by atoms with Crippen LogP contribution in [0.25, 0.3) is 27.6 Å². The number of aliphatic hydroxyl groups excluding tert-OH is 1. The van der Waals surface area contributed by atoms with E-state index in [1.54, 1.807) is 55.7 Å². The average molecular weight is 599 g/mol. The first kappa shape index (κ1) is 30.6. The van der Waals surface area contributed by atoms with E-state index in [0.717, 1.165) is 10.2 Å². The van der Waals surface area contributed by atoms with E-state index >= 15 is 4.39 Å². The van der Waals surface area contributed by atoms with E-state index in [-0.39, 0.29) is 22.0 Å². The molecule has 0 fully saturated rings. The van der Waals surface area contributed by atoms with Crippen molar-refractivity contribution >= 4 is 22.3 Å². The fourth-order valence-corrected chi connectivity index (χ4v) is 4.92. The Labute approximate surface area is 253 Å². The molecule has 0 aliphatic rings. The third-order valence-corrected chi connectivity index (χ3v) is 7.43. The minimum Gasteiger partial charge on any atom is -0.474 e. The number of halogens is 1. The molecule has 0 saturated heterocycles. The summed E-state index contributed by atoms with van der Waals surface area (Å²) in [6.07, 6.45) is 4.79. The number of benzene rings is 2. The Morgan fingerprint density at radius 2 is 1.86 bits per heavy atom. The van der Waals surface area contributed by atoms with Crippen LogP contribution < -0.4 is 26.9 Å². The molecule has 3 heterocycles. The molecule has 0 aliphatic heterocycles. The van der Waals surface area contributed by atoms with Crippen molar-refractivity contribution in [3.63, 3.8) is 0 Å². The lowest BCUT2D eigenvalue weighted by Gasteiger charge is -2.20. The summed E-state index contributed by atoms with van der Waals surface area (Å²) in [4.78, 5) is 30.9. The molecule has 1 unspecified atom stereocenters. The summed E-state index contributed by atoms with van der Waals surface area (Å²) in [5.41, 5.74) is 7.38. The van der Waals surface area contributed by atoms with Crippen LogP contribution >= 0.6 is 0 Å². The number of nitrogens with one attached hydrogen (secondary N) is 1. The normalized spacial score (nSPS) is 12.4. The quantitative estimate of drug-likeness (QED) is 0.215. The van der Waals surface area contributed by atoms with Crippen LogP contribution in [0.3, 0.4) is 0 Å². The van der Waals surface area contributed by atoms with Gasteiger partial charge in [0.2, 0.25) is 0 Å². The molecule has 4 N–H and O–H groups in total. The Morgan fingerprint density at radius 3 is 2.52 bits per heavy atom. The highest BCUT2D eigenvalue weighted by atomic mass is 19.1. The van der Waals surface area contributed by atoms with Crippen LogP contribution in [0.15, 0.2) is 76.7 Å². The molecule has 5 rings (SSSR count). The first-order valence-corrected chi connectivity index (χ1v) is 14.2. The molecule has 11 heteroatoms. The maximum Gasteiger partial charge on any atom is 0.282 e. The van der Waals surface area contributed by atoms with E-state index in [4.69, 9.17) is 10.5 Å². The van der Waals surface area contributed by atoms with Crippen LogP contribution in [-0.2, 0) is 19.1 Å². The zero-order valence-electron chi connectivity index (χ0n) is 25.3. The van der Waals surface area contributed by atoms with Gasteiger partial charge in [-0.1, -0.05) is 39.8 Å². The van der Waals surface area contributed by atoms with Crippen molar-refractivity contribution in [2.45, 2.75) is 52.4 Å². The second-order valence-electron chi connectivity index (χ2n) is 11.6. The molecule has 0 amide bonds. The predicted molar refractivity (Wildman–Crippen MR) is 169 cm³/mol. The summed E-state index contributed by atoms with van der Waals surface area (Å²) in [7, 11) is 1.61. The highest BCUT2D eigenvalue weighted by Crippen LogP contribution is 2.31. The summed E-state index contributed by atoms with van der Waals surface area (Å²) in [6.45, 7) is 7.36. The average Bonchev–Trinajstić information content (AvgIpc) is 2.99. The number of ether oxygens (including phenoxy) is 1. The molecular formula is C33H35FN6O4. The summed E-state index contributed by atoms with van der Waals surface area (Å²) in [5.74, 6) is 0.282. The van der Waals surface area contributed by atoms with Gasteiger partial charge in [-0.25, -0.2) is 9.37 Å². The number of hydrogen-bond donors (Lipinski definition) is 3. The maximum absolute atomic E-state index is 15.3. The third-order valence-electron chi connectivity index (χ3n) is 7.43. The van der Waals surface area contributed by atoms with Crippen LogP contribution in [0.2, 0.25) is 0 Å². The lowest BCUT2D eigenvalue weighted by Crippen LogP contribution is -2.25. The number of nitrogens with two attached hydrogens (primary N) is 1. The van der Waals surface area contributed by atoms with Gasteiger partial charge in [0, 0.05) is 29.8 Å². The number of pyridine rings is 2. The molecule has 10 nitrogen and oxygen atoms in total. The number of nitrogens with zero attached hydrogens (tertiary/aromatic N) is 4. The molecule has 3 aromatic heterocycles. The number of fused-ring (bicyclic) bond motifs is 1. The number of rotatable bonds is 8. The number of anilines is 2. The Kier molecular flexibility index (Phi) is 8.36. The Hall–Kier alpha value is -4.87. The molecular weight excluding hydrogens is 563 g/mol. The molecule has 0 aliphatic carbocycles. The first-order valence-electron chi connectivity index (χ1n) is 14.2. The van der Waals surface area contributed by atoms with E-state index in [2.05, 4.69) is 15.4 Å². The topological polar surface area (TPSA) is 137 Å². The molecule has 5 aromatic rings. The van der Waals surface area contributed by atoms with Gasteiger partial charge in [0.25, 0.3) is 11.1 Å². The van der Waals surface area contributed by atoms with E-state index in [9.17, 15) is 14.7 Å². The fourth-order valence-electron chi connectivity index (χ4n) is 4.92. The lowest BCUT2D eigenvalue weighted by molar-refractivity contribution is 0.204. The standard InChI is InChI=1S/C33H35FN6O4/c1-6-28(35)44-22-10-11-29(36-16-22)38-26-13-20(17-39(5)31(26)42)23-8-7-9-27(24(23)18-41)40-32(43)30-19(15-37-40)12-21(14-25(30)34)33(2,3)4/h7-17,28,41H,6,18,35H2,1-5H3,(H,36,38). The molecule has 44 heavy (non-hydrogen) atoms. The summed E-state index contributed by atoms with van der Waals surface area (Å²) in [5, 5.41) is 18.2. The summed E-state index contributed by atoms with van der Waals surface area (Å²) < 4.78 is 23.4. The van der Waals surface area contributed by atoms with Crippen LogP contribution in [-0.4, -0.2) is 30.7 Å². The lowest BCUT2D eigenvalue weighted by atomic mass is 9.86. The Balaban J connectivity index is 1.56. The minimum absolute atomic E-state index is 0.0866. The molecule has 0 radical (unpaired) electrons. The van der Waals surface area contributed by atoms with E-state index in [0.29, 0.717) is 45.8 Å². The van der Waals surface area contributed by atoms with Crippen LogP contribution in [0.1, 0.15) is 45.2 Å². The Bertz CT molecular complexity index is 1960. The SMILES string of the molecule is CCC(N)Oc1ccc(Nc2cc(-c3cccc(-n4ncc5cc(C(C)(C)C)cc(F)c5c4=O)c3CO)cn(C)c2=O)nc1. The van der Waals surface area contributed by atoms with Gasteiger partial charge in [0.05, 0.1) is 30.1 Å². The second-order valence-corrected chi connectivity index (χ2v) is 11.6. The smallest absolute Gasteiger partial charge is 0.282 e. The molecule has 2 aromatic carbocycles. The van der Waals surface area contributed by atoms with Crippen molar-refractivity contribution in [3.8, 4) is 22.6 Å². The fraction of sp³-hybridized carbons (Fsp3) is 0.273. The van der Waals surface area contributed by atoms with Crippen molar-refractivity contribution in [2.75, 3.05) is 5.32 Å². The van der Waals surface area contributed by atoms with E-state index < -0.39 is 24.2 Å². The number of aromatic nitrogens is 4. The summed E-state index contributed by atoms with van der Waals surface area (Å²) in [6, 6.07) is 13.3. The number of hydrogen-bond acceptors (Lipinski definition) is 8. The number of aryl methyl sites for hydroxylation is 1. The molecule has 0 spiro atoms. The van der Waals surface area contributed by atoms with Crippen LogP contribution in [0.4, 0.5) is 15.9 Å². The molecule has 228 valence electrons. The molecule has 0 saturated carbocycles. The molecule has 0 bridgehead atoms. The Morgan fingerprint density at radius 1 is 1.09 bits per heavy atom. The van der Waals surface area contributed by atoms with Gasteiger partial charge < -0.3 is 19.7 Å². The van der Waals surface area contributed by atoms with Crippen LogP contribution in [0, 0.1) is 5.82 Å². The minimum atomic E-state index is -0.645. The van der Waals surface area contributed by atoms with Gasteiger partial charge in [0.1, 0.15) is 29.3 Å². The van der Waals surface area contributed by atoms with Gasteiger partial charge in [0.15, 0.2) is 0 Å². The second kappa shape index (κ2) is 12.0. The van der Waals surface area contributed by atoms with Gasteiger partial charge in [-0.15, -0.1) is 0 Å². The van der Waals surface area contributed by atoms with E-state index in [1.165, 1.54) is 23.0 Å². The maximum atomic E-state index is 15.3. The van der Waals surface area contributed by atoms with Crippen molar-refractivity contribution < 1.29 is 14.2 Å². The third kappa shape index (κ3) is 5.97. The van der Waals surface area contributed by atoms with Crippen molar-refractivity contribution in [3.05, 3.63) is 105 Å². The highest BCUT2D eigenvalue weighted by Gasteiger charge is 2.21. The van der Waals surface area contributed by atoms with E-state index in [1.807, 2.05) is 27.7 Å². The van der Waals surface area contributed by atoms with Crippen molar-refractivity contribution in [2.24, 2.45) is 12.8 Å². The molecule has 1 atom stereocenters. The van der Waals surface area contributed by atoms with Crippen molar-refractivity contribution in [1.29, 1.82) is 0 Å². The van der Waals surface area contributed by atoms with Gasteiger partial charge >= 0.3 is 0 Å². The van der Waals surface area contributed by atoms with Crippen molar-refractivity contribution in [1.82, 2.24) is 19.3 Å². The van der Waals surface area contributed by atoms with Gasteiger partial charge in [-0.3, -0.25) is 15.3 Å². The van der Waals surface area contributed by atoms with Crippen LogP contribution in [0.5, 0.6) is 5.75 Å². The number of aliphatic hydroxyl groups is 1. The zero-order chi connectivity index (χ0) is 31.8. The monoisotopic (exact) mass is 598 g/mol. The van der Waals surface area contributed by atoms with Gasteiger partial charge in [-0.2, -0.15) is 9.78 Å². The first-order chi connectivity index (χ1) is 20.9. The predicted octanol–water partition coefficient (Wildman–Crippen LogP) is 4.89. The zero-order valence-corrected chi connectivity index (χ0v) is 25.3. The largest absolute Gasteiger partial charge is 0.474 e. The van der Waals surface area contributed by atoms with Gasteiger partial charge in [-0.05, 0) is 59.4 Å². The highest BCUT2D eigenvalue weighted by molar-refractivity contribution is 5.83.